The van der Waals surface area contributed by atoms with Crippen LogP contribution in [0.1, 0.15) is 42.7 Å². The van der Waals surface area contributed by atoms with E-state index in [1.807, 2.05) is 38.1 Å². The highest BCUT2D eigenvalue weighted by molar-refractivity contribution is 5.95. The molecule has 0 saturated heterocycles. The fraction of sp³-hybridized carbons (Fsp3) is 0.333. The monoisotopic (exact) mass is 387 g/mol. The minimum Gasteiger partial charge on any atom is -0.494 e. The molecule has 0 heterocycles. The molecule has 2 aromatic carbocycles. The fourth-order valence-corrected chi connectivity index (χ4v) is 2.66. The fourth-order valence-electron chi connectivity index (χ4n) is 2.66. The van der Waals surface area contributed by atoms with Crippen molar-refractivity contribution >= 4 is 11.9 Å². The Balaban J connectivity index is 2.17. The summed E-state index contributed by atoms with van der Waals surface area (Å²) in [7, 11) is 0. The Kier molecular flexibility index (Phi) is 7.68. The lowest BCUT2D eigenvalue weighted by molar-refractivity contribution is -0.139. The summed E-state index contributed by atoms with van der Waals surface area (Å²) in [6.45, 7) is 5.98. The third kappa shape index (κ3) is 5.64. The molecular weight excluding hydrogens is 362 g/mol. The van der Waals surface area contributed by atoms with Crippen LogP contribution in [0.3, 0.4) is 0 Å². The van der Waals surface area contributed by atoms with Crippen LogP contribution in [-0.2, 0) is 4.79 Å². The lowest BCUT2D eigenvalue weighted by Gasteiger charge is -2.18. The van der Waals surface area contributed by atoms with E-state index in [-0.39, 0.29) is 17.7 Å². The van der Waals surface area contributed by atoms with Gasteiger partial charge < -0.3 is 24.6 Å². The molecule has 0 bridgehead atoms. The number of para-hydroxylation sites is 1. The molecule has 7 heteroatoms. The van der Waals surface area contributed by atoms with E-state index in [1.165, 1.54) is 12.1 Å². The molecular formula is C21H25NO6. The van der Waals surface area contributed by atoms with E-state index in [2.05, 4.69) is 5.32 Å². The van der Waals surface area contributed by atoms with Crippen molar-refractivity contribution in [3.05, 3.63) is 53.6 Å². The number of hydrogen-bond acceptors (Lipinski definition) is 5. The standard InChI is InChI=1S/C21H25NO6/c1-4-26-17-9-7-6-8-16(17)14(3)22-21(25)15-10-11-18(28-13-20(23)24)19(12-15)27-5-2/h6-12,14H,4-5,13H2,1-3H3,(H,22,25)(H,23,24). The Morgan fingerprint density at radius 1 is 0.964 bits per heavy atom. The van der Waals surface area contributed by atoms with E-state index in [0.717, 1.165) is 11.3 Å². The van der Waals surface area contributed by atoms with Gasteiger partial charge in [0.25, 0.3) is 5.91 Å². The smallest absolute Gasteiger partial charge is 0.341 e. The maximum absolute atomic E-state index is 12.7. The highest BCUT2D eigenvalue weighted by Crippen LogP contribution is 2.29. The molecule has 2 N–H and O–H groups in total. The second-order valence-electron chi connectivity index (χ2n) is 5.94. The van der Waals surface area contributed by atoms with Gasteiger partial charge in [0, 0.05) is 11.1 Å². The third-order valence-electron chi connectivity index (χ3n) is 3.89. The third-order valence-corrected chi connectivity index (χ3v) is 3.89. The number of hydrogen-bond donors (Lipinski definition) is 2. The Morgan fingerprint density at radius 2 is 1.64 bits per heavy atom. The minimum atomic E-state index is -1.09. The maximum atomic E-state index is 12.7. The van der Waals surface area contributed by atoms with E-state index >= 15 is 0 Å². The summed E-state index contributed by atoms with van der Waals surface area (Å²) in [5.41, 5.74) is 1.26. The lowest BCUT2D eigenvalue weighted by Crippen LogP contribution is -2.27. The predicted octanol–water partition coefficient (Wildman–Crippen LogP) is 3.44. The lowest BCUT2D eigenvalue weighted by atomic mass is 10.1. The summed E-state index contributed by atoms with van der Waals surface area (Å²) in [4.78, 5) is 23.4. The SMILES string of the molecule is CCOc1cc(C(=O)NC(C)c2ccccc2OCC)ccc1OCC(=O)O. The van der Waals surface area contributed by atoms with Crippen molar-refractivity contribution in [2.45, 2.75) is 26.8 Å². The van der Waals surface area contributed by atoms with Gasteiger partial charge in [0.05, 0.1) is 19.3 Å². The number of amides is 1. The van der Waals surface area contributed by atoms with Gasteiger partial charge in [-0.05, 0) is 45.0 Å². The highest BCUT2D eigenvalue weighted by atomic mass is 16.5. The van der Waals surface area contributed by atoms with Gasteiger partial charge in [0.2, 0.25) is 0 Å². The number of rotatable bonds is 10. The molecule has 1 atom stereocenters. The van der Waals surface area contributed by atoms with Crippen LogP contribution in [0.15, 0.2) is 42.5 Å². The second-order valence-corrected chi connectivity index (χ2v) is 5.94. The number of carbonyl (C=O) groups excluding carboxylic acids is 1. The first-order valence-corrected chi connectivity index (χ1v) is 9.10. The maximum Gasteiger partial charge on any atom is 0.341 e. The van der Waals surface area contributed by atoms with Crippen molar-refractivity contribution in [3.63, 3.8) is 0 Å². The number of carbonyl (C=O) groups is 2. The first kappa shape index (κ1) is 21.1. The van der Waals surface area contributed by atoms with Crippen molar-refractivity contribution in [2.75, 3.05) is 19.8 Å². The molecule has 0 radical (unpaired) electrons. The molecule has 28 heavy (non-hydrogen) atoms. The van der Waals surface area contributed by atoms with Gasteiger partial charge in [-0.15, -0.1) is 0 Å². The van der Waals surface area contributed by atoms with E-state index < -0.39 is 12.6 Å². The number of aliphatic carboxylic acids is 1. The Hall–Kier alpha value is -3.22. The molecule has 0 aliphatic rings. The largest absolute Gasteiger partial charge is 0.494 e. The number of carboxylic acid groups (broad SMARTS) is 1. The summed E-state index contributed by atoms with van der Waals surface area (Å²) < 4.78 is 16.3. The van der Waals surface area contributed by atoms with Gasteiger partial charge in [0.1, 0.15) is 5.75 Å². The molecule has 0 spiro atoms. The predicted molar refractivity (Wildman–Crippen MR) is 104 cm³/mol. The van der Waals surface area contributed by atoms with Gasteiger partial charge in [-0.3, -0.25) is 4.79 Å². The van der Waals surface area contributed by atoms with E-state index in [0.29, 0.717) is 24.5 Å². The van der Waals surface area contributed by atoms with Crippen LogP contribution in [0.5, 0.6) is 17.2 Å². The summed E-state index contributed by atoms with van der Waals surface area (Å²) in [5.74, 6) is -0.0601. The molecule has 150 valence electrons. The van der Waals surface area contributed by atoms with E-state index in [9.17, 15) is 9.59 Å². The van der Waals surface area contributed by atoms with Crippen molar-refractivity contribution in [1.29, 1.82) is 0 Å². The van der Waals surface area contributed by atoms with Crippen LogP contribution in [0.4, 0.5) is 0 Å². The summed E-state index contributed by atoms with van der Waals surface area (Å²) in [6.07, 6.45) is 0. The van der Waals surface area contributed by atoms with Crippen LogP contribution in [0.2, 0.25) is 0 Å². The number of nitrogens with one attached hydrogen (secondary N) is 1. The van der Waals surface area contributed by atoms with Gasteiger partial charge in [-0.2, -0.15) is 0 Å². The van der Waals surface area contributed by atoms with E-state index in [1.54, 1.807) is 13.0 Å². The number of benzene rings is 2. The zero-order valence-electron chi connectivity index (χ0n) is 16.2. The van der Waals surface area contributed by atoms with Crippen molar-refractivity contribution in [3.8, 4) is 17.2 Å². The molecule has 2 aromatic rings. The zero-order valence-corrected chi connectivity index (χ0v) is 16.2. The topological polar surface area (TPSA) is 94.1 Å². The molecule has 0 aliphatic carbocycles. The molecule has 0 saturated carbocycles. The first-order valence-electron chi connectivity index (χ1n) is 9.10. The molecule has 0 aromatic heterocycles. The van der Waals surface area contributed by atoms with Gasteiger partial charge in [0.15, 0.2) is 18.1 Å². The Labute approximate surface area is 164 Å². The molecule has 0 aliphatic heterocycles. The van der Waals surface area contributed by atoms with Crippen LogP contribution in [-0.4, -0.2) is 36.8 Å². The molecule has 2 rings (SSSR count). The molecule has 7 nitrogen and oxygen atoms in total. The minimum absolute atomic E-state index is 0.270. The summed E-state index contributed by atoms with van der Waals surface area (Å²) >= 11 is 0. The normalized spacial score (nSPS) is 11.4. The second kappa shape index (κ2) is 10.2. The van der Waals surface area contributed by atoms with Crippen molar-refractivity contribution in [2.24, 2.45) is 0 Å². The number of ether oxygens (including phenoxy) is 3. The quantitative estimate of drug-likeness (QED) is 0.649. The molecule has 1 amide bonds. The number of carboxylic acids is 1. The summed E-state index contributed by atoms with van der Waals surface area (Å²) in [6, 6.07) is 11.9. The van der Waals surface area contributed by atoms with E-state index in [4.69, 9.17) is 19.3 Å². The Morgan fingerprint density at radius 3 is 2.32 bits per heavy atom. The average Bonchev–Trinajstić information content (AvgIpc) is 2.67. The molecule has 0 fully saturated rings. The van der Waals surface area contributed by atoms with Crippen molar-refractivity contribution < 1.29 is 28.9 Å². The van der Waals surface area contributed by atoms with Crippen LogP contribution in [0, 0.1) is 0 Å². The first-order chi connectivity index (χ1) is 13.5. The van der Waals surface area contributed by atoms with Gasteiger partial charge in [-0.1, -0.05) is 18.2 Å². The van der Waals surface area contributed by atoms with Crippen molar-refractivity contribution in [1.82, 2.24) is 5.32 Å². The van der Waals surface area contributed by atoms with Crippen LogP contribution in [0.25, 0.3) is 0 Å². The van der Waals surface area contributed by atoms with Crippen LogP contribution < -0.4 is 19.5 Å². The average molecular weight is 387 g/mol. The highest BCUT2D eigenvalue weighted by Gasteiger charge is 2.17. The van der Waals surface area contributed by atoms with Crippen LogP contribution >= 0.6 is 0 Å². The van der Waals surface area contributed by atoms with Gasteiger partial charge >= 0.3 is 5.97 Å². The molecule has 1 unspecified atom stereocenters. The summed E-state index contributed by atoms with van der Waals surface area (Å²) in [5, 5.41) is 11.7. The Bertz CT molecular complexity index is 820. The van der Waals surface area contributed by atoms with Gasteiger partial charge in [-0.25, -0.2) is 4.79 Å². The zero-order chi connectivity index (χ0) is 20.5.